The number of esters is 1. The number of aliphatic hydroxyl groups excluding tert-OH is 1. The van der Waals surface area contributed by atoms with Crippen molar-refractivity contribution in [1.29, 1.82) is 0 Å². The molecule has 5 nitrogen and oxygen atoms in total. The second-order valence-corrected chi connectivity index (χ2v) is 7.65. The number of ether oxygens (including phenoxy) is 1. The predicted molar refractivity (Wildman–Crippen MR) is 109 cm³/mol. The van der Waals surface area contributed by atoms with E-state index >= 15 is 0 Å². The van der Waals surface area contributed by atoms with E-state index in [2.05, 4.69) is 16.0 Å². The number of carbonyl (C=O) groups excluding carboxylic acids is 2. The Morgan fingerprint density at radius 2 is 1.89 bits per heavy atom. The Morgan fingerprint density at radius 3 is 2.54 bits per heavy atom. The van der Waals surface area contributed by atoms with Crippen LogP contribution in [0.3, 0.4) is 0 Å². The number of Topliss-reactive ketones (excluding diaryl/α,β-unsaturated/α-hetero) is 1. The number of carbonyl (C=O) groups is 2. The van der Waals surface area contributed by atoms with Gasteiger partial charge in [-0.1, -0.05) is 18.2 Å². The second-order valence-electron chi connectivity index (χ2n) is 6.62. The van der Waals surface area contributed by atoms with Gasteiger partial charge < -0.3 is 14.4 Å². The Balaban J connectivity index is 1.62. The van der Waals surface area contributed by atoms with Gasteiger partial charge in [-0.2, -0.15) is 0 Å². The molecule has 0 bridgehead atoms. The minimum Gasteiger partial charge on any atom is -0.454 e. The van der Waals surface area contributed by atoms with Gasteiger partial charge in [0, 0.05) is 28.4 Å². The van der Waals surface area contributed by atoms with Crippen molar-refractivity contribution in [2.45, 2.75) is 33.4 Å². The highest BCUT2D eigenvalue weighted by Crippen LogP contribution is 2.18. The number of aryl methyl sites for hydroxylation is 2. The molecule has 146 valence electrons. The lowest BCUT2D eigenvalue weighted by atomic mass is 10.1. The van der Waals surface area contributed by atoms with Crippen LogP contribution < -0.4 is 0 Å². The number of benzene rings is 1. The smallest absolute Gasteiger partial charge is 0.338 e. The summed E-state index contributed by atoms with van der Waals surface area (Å²) in [5.74, 6) is -0.764. The Hall–Kier alpha value is -2.70. The van der Waals surface area contributed by atoms with Crippen LogP contribution in [0.15, 0.2) is 47.8 Å². The topological polar surface area (TPSA) is 68.5 Å². The van der Waals surface area contributed by atoms with Crippen molar-refractivity contribution < 1.29 is 19.4 Å². The number of aliphatic hydroxyl groups is 1. The Morgan fingerprint density at radius 1 is 1.14 bits per heavy atom. The van der Waals surface area contributed by atoms with E-state index in [4.69, 9.17) is 9.84 Å². The van der Waals surface area contributed by atoms with Crippen molar-refractivity contribution in [2.24, 2.45) is 0 Å². The minimum absolute atomic E-state index is 0.0874. The molecule has 0 fully saturated rings. The number of hydrogen-bond donors (Lipinski definition) is 1. The molecule has 0 aliphatic carbocycles. The number of rotatable bonds is 8. The molecule has 0 amide bonds. The predicted octanol–water partition coefficient (Wildman–Crippen LogP) is 3.94. The van der Waals surface area contributed by atoms with Crippen molar-refractivity contribution in [3.63, 3.8) is 0 Å². The molecule has 1 aromatic carbocycles. The molecule has 0 aliphatic heterocycles. The van der Waals surface area contributed by atoms with Crippen molar-refractivity contribution in [3.8, 4) is 0 Å². The fraction of sp³-hybridized carbons (Fsp3) is 0.273. The summed E-state index contributed by atoms with van der Waals surface area (Å²) in [5.41, 5.74) is 3.56. The van der Waals surface area contributed by atoms with E-state index in [1.165, 1.54) is 4.88 Å². The maximum absolute atomic E-state index is 12.6. The summed E-state index contributed by atoms with van der Waals surface area (Å²) in [6, 6.07) is 12.5. The molecule has 0 saturated carbocycles. The van der Waals surface area contributed by atoms with Gasteiger partial charge in [-0.05, 0) is 55.5 Å². The zero-order valence-electron chi connectivity index (χ0n) is 16.0. The molecule has 2 heterocycles. The first kappa shape index (κ1) is 20.0. The third kappa shape index (κ3) is 4.58. The molecule has 2 aromatic heterocycles. The monoisotopic (exact) mass is 397 g/mol. The average molecular weight is 397 g/mol. The molecule has 0 radical (unpaired) electrons. The molecule has 0 unspecified atom stereocenters. The van der Waals surface area contributed by atoms with Crippen LogP contribution in [0.1, 0.15) is 42.5 Å². The van der Waals surface area contributed by atoms with Crippen LogP contribution in [0.25, 0.3) is 0 Å². The van der Waals surface area contributed by atoms with Gasteiger partial charge in [0.1, 0.15) is 0 Å². The van der Waals surface area contributed by atoms with Gasteiger partial charge in [-0.25, -0.2) is 4.79 Å². The van der Waals surface area contributed by atoms with E-state index in [-0.39, 0.29) is 19.0 Å². The summed E-state index contributed by atoms with van der Waals surface area (Å²) < 4.78 is 7.31. The number of aromatic nitrogens is 1. The molecular formula is C22H23NO4S. The molecule has 0 atom stereocenters. The first-order valence-corrected chi connectivity index (χ1v) is 9.96. The fourth-order valence-corrected chi connectivity index (χ4v) is 3.84. The van der Waals surface area contributed by atoms with Crippen molar-refractivity contribution in [3.05, 3.63) is 80.8 Å². The first-order chi connectivity index (χ1) is 13.5. The summed E-state index contributed by atoms with van der Waals surface area (Å²) in [5, 5.41) is 11.1. The van der Waals surface area contributed by atoms with Crippen molar-refractivity contribution in [1.82, 2.24) is 4.57 Å². The summed E-state index contributed by atoms with van der Waals surface area (Å²) in [6.07, 6.45) is 0.917. The van der Waals surface area contributed by atoms with Crippen LogP contribution in [0.2, 0.25) is 0 Å². The second kappa shape index (κ2) is 8.99. The van der Waals surface area contributed by atoms with E-state index in [0.717, 1.165) is 24.4 Å². The van der Waals surface area contributed by atoms with Gasteiger partial charge >= 0.3 is 5.97 Å². The van der Waals surface area contributed by atoms with Crippen LogP contribution in [0, 0.1) is 13.8 Å². The Kier molecular flexibility index (Phi) is 6.44. The van der Waals surface area contributed by atoms with E-state index in [0.29, 0.717) is 16.7 Å². The number of hydrogen-bond acceptors (Lipinski definition) is 5. The van der Waals surface area contributed by atoms with E-state index in [9.17, 15) is 9.59 Å². The molecular weight excluding hydrogens is 374 g/mol. The van der Waals surface area contributed by atoms with E-state index in [1.807, 2.05) is 26.0 Å². The number of thiophene rings is 1. The lowest BCUT2D eigenvalue weighted by molar-refractivity contribution is 0.0474. The maximum Gasteiger partial charge on any atom is 0.338 e. The van der Waals surface area contributed by atoms with Crippen LogP contribution in [0.5, 0.6) is 0 Å². The van der Waals surface area contributed by atoms with Crippen LogP contribution in [-0.4, -0.2) is 28.0 Å². The largest absolute Gasteiger partial charge is 0.454 e. The summed E-state index contributed by atoms with van der Waals surface area (Å²) in [4.78, 5) is 26.0. The summed E-state index contributed by atoms with van der Waals surface area (Å²) in [6.45, 7) is 4.32. The molecule has 6 heteroatoms. The van der Waals surface area contributed by atoms with Gasteiger partial charge in [0.05, 0.1) is 12.2 Å². The maximum atomic E-state index is 12.6. The normalized spacial score (nSPS) is 10.8. The van der Waals surface area contributed by atoms with Gasteiger partial charge in [-0.3, -0.25) is 4.79 Å². The third-order valence-corrected chi connectivity index (χ3v) is 5.68. The van der Waals surface area contributed by atoms with Gasteiger partial charge in [-0.15, -0.1) is 11.3 Å². The zero-order valence-corrected chi connectivity index (χ0v) is 16.8. The number of nitrogens with zero attached hydrogens (tertiary/aromatic N) is 1. The minimum atomic E-state index is -0.552. The SMILES string of the molecule is Cc1cc(C(=O)COC(=O)c2ccc(CO)cc2)c(C)n1CCc1cccs1. The summed E-state index contributed by atoms with van der Waals surface area (Å²) in [7, 11) is 0. The lowest BCUT2D eigenvalue weighted by Crippen LogP contribution is -2.15. The molecule has 3 rings (SSSR count). The third-order valence-electron chi connectivity index (χ3n) is 4.74. The van der Waals surface area contributed by atoms with E-state index in [1.54, 1.807) is 35.6 Å². The highest BCUT2D eigenvalue weighted by Gasteiger charge is 2.18. The zero-order chi connectivity index (χ0) is 20.1. The molecule has 28 heavy (non-hydrogen) atoms. The quantitative estimate of drug-likeness (QED) is 0.462. The fourth-order valence-electron chi connectivity index (χ4n) is 3.14. The van der Waals surface area contributed by atoms with Crippen LogP contribution in [-0.2, 0) is 24.3 Å². The molecule has 0 spiro atoms. The van der Waals surface area contributed by atoms with Gasteiger partial charge in [0.25, 0.3) is 0 Å². The van der Waals surface area contributed by atoms with Crippen LogP contribution in [0.4, 0.5) is 0 Å². The average Bonchev–Trinajstić information content (AvgIpc) is 3.32. The molecule has 0 saturated heterocycles. The lowest BCUT2D eigenvalue weighted by Gasteiger charge is -2.09. The highest BCUT2D eigenvalue weighted by molar-refractivity contribution is 7.09. The summed E-state index contributed by atoms with van der Waals surface area (Å²) >= 11 is 1.73. The van der Waals surface area contributed by atoms with E-state index < -0.39 is 5.97 Å². The number of ketones is 1. The Bertz CT molecular complexity index is 955. The molecule has 3 aromatic rings. The van der Waals surface area contributed by atoms with Crippen LogP contribution >= 0.6 is 11.3 Å². The molecule has 0 aliphatic rings. The Labute approximate surface area is 168 Å². The first-order valence-electron chi connectivity index (χ1n) is 9.09. The van der Waals surface area contributed by atoms with Crippen molar-refractivity contribution >= 4 is 23.1 Å². The van der Waals surface area contributed by atoms with Crippen molar-refractivity contribution in [2.75, 3.05) is 6.61 Å². The standard InChI is InChI=1S/C22H23NO4S/c1-15-12-20(16(2)23(15)10-9-19-4-3-11-28-19)21(25)14-27-22(26)18-7-5-17(13-24)6-8-18/h3-8,11-12,24H,9-10,13-14H2,1-2H3. The highest BCUT2D eigenvalue weighted by atomic mass is 32.1. The van der Waals surface area contributed by atoms with Gasteiger partial charge in [0.2, 0.25) is 5.78 Å². The molecule has 1 N–H and O–H groups in total. The van der Waals surface area contributed by atoms with Gasteiger partial charge in [0.15, 0.2) is 6.61 Å².